The fraction of sp³-hybridized carbons (Fsp3) is 0.300. The van der Waals surface area contributed by atoms with E-state index in [0.29, 0.717) is 58.4 Å². The van der Waals surface area contributed by atoms with Crippen molar-refractivity contribution in [1.29, 1.82) is 0 Å². The highest BCUT2D eigenvalue weighted by Gasteiger charge is 2.26. The van der Waals surface area contributed by atoms with E-state index in [0.717, 1.165) is 12.0 Å². The Kier molecular flexibility index (Phi) is 9.26. The van der Waals surface area contributed by atoms with Crippen LogP contribution in [0.2, 0.25) is 5.15 Å². The molecular weight excluding hydrogens is 538 g/mol. The predicted octanol–water partition coefficient (Wildman–Crippen LogP) is 6.50. The fourth-order valence-electron chi connectivity index (χ4n) is 4.35. The van der Waals surface area contributed by atoms with Gasteiger partial charge in [-0.1, -0.05) is 31.0 Å². The van der Waals surface area contributed by atoms with Crippen LogP contribution in [0.4, 0.5) is 0 Å². The van der Waals surface area contributed by atoms with Crippen molar-refractivity contribution in [1.82, 2.24) is 4.98 Å². The maximum atomic E-state index is 14.1. The van der Waals surface area contributed by atoms with Crippen molar-refractivity contribution in [3.05, 3.63) is 69.6 Å². The molecule has 0 bridgehead atoms. The van der Waals surface area contributed by atoms with Crippen LogP contribution in [0.15, 0.2) is 51.8 Å². The first kappa shape index (κ1) is 28.9. The van der Waals surface area contributed by atoms with Crippen LogP contribution >= 0.6 is 11.6 Å². The number of benzene rings is 2. The third kappa shape index (κ3) is 5.89. The van der Waals surface area contributed by atoms with Gasteiger partial charge in [-0.2, -0.15) is 0 Å². The van der Waals surface area contributed by atoms with Crippen LogP contribution < -0.4 is 33.8 Å². The highest BCUT2D eigenvalue weighted by Crippen LogP contribution is 2.44. The monoisotopic (exact) mass is 568 g/mol. The highest BCUT2D eigenvalue weighted by molar-refractivity contribution is 6.29. The molecule has 9 nitrogen and oxygen atoms in total. The van der Waals surface area contributed by atoms with Gasteiger partial charge in [0.05, 0.1) is 35.5 Å². The van der Waals surface area contributed by atoms with Gasteiger partial charge in [0.25, 0.3) is 0 Å². The number of ether oxygens (including phenoxy) is 6. The summed E-state index contributed by atoms with van der Waals surface area (Å²) in [5.74, 6) is 2.10. The fourth-order valence-corrected chi connectivity index (χ4v) is 4.47. The number of rotatable bonds is 12. The van der Waals surface area contributed by atoms with Crippen LogP contribution in [0.25, 0.3) is 22.3 Å². The Bertz CT molecular complexity index is 1510. The highest BCUT2D eigenvalue weighted by atomic mass is 35.5. The smallest absolute Gasteiger partial charge is 0.239 e. The average Bonchev–Trinajstić information content (AvgIpc) is 2.98. The normalized spacial score (nSPS) is 11.0. The Balaban J connectivity index is 1.97. The molecule has 1 radical (unpaired) electrons. The molecule has 2 heterocycles. The van der Waals surface area contributed by atoms with Crippen molar-refractivity contribution in [2.24, 2.45) is 0 Å². The van der Waals surface area contributed by atoms with E-state index >= 15 is 0 Å². The molecule has 10 heteroatoms. The summed E-state index contributed by atoms with van der Waals surface area (Å²) < 4.78 is 40.3. The Morgan fingerprint density at radius 1 is 0.875 bits per heavy atom. The van der Waals surface area contributed by atoms with E-state index in [2.05, 4.69) is 4.98 Å². The number of methoxy groups -OCH3 is 5. The summed E-state index contributed by atoms with van der Waals surface area (Å²) in [5, 5.41) is 0.614. The van der Waals surface area contributed by atoms with E-state index in [-0.39, 0.29) is 22.5 Å². The zero-order valence-electron chi connectivity index (χ0n) is 23.3. The number of aromatic nitrogens is 1. The van der Waals surface area contributed by atoms with Crippen LogP contribution in [-0.2, 0) is 6.42 Å². The molecule has 0 N–H and O–H groups in total. The summed E-state index contributed by atoms with van der Waals surface area (Å²) in [6, 6.07) is 10.2. The maximum Gasteiger partial charge on any atom is 0.239 e. The van der Waals surface area contributed by atoms with Gasteiger partial charge in [0, 0.05) is 30.3 Å². The van der Waals surface area contributed by atoms with Crippen molar-refractivity contribution in [2.75, 3.05) is 35.5 Å². The first-order valence-electron chi connectivity index (χ1n) is 12.5. The van der Waals surface area contributed by atoms with E-state index < -0.39 is 5.43 Å². The zero-order valence-corrected chi connectivity index (χ0v) is 24.0. The zero-order chi connectivity index (χ0) is 28.8. The lowest BCUT2D eigenvalue weighted by molar-refractivity contribution is 0.291. The molecule has 2 aromatic carbocycles. The van der Waals surface area contributed by atoms with Gasteiger partial charge in [-0.15, -0.1) is 0 Å². The van der Waals surface area contributed by atoms with Crippen LogP contribution in [0.3, 0.4) is 0 Å². The minimum Gasteiger partial charge on any atom is -0.496 e. The van der Waals surface area contributed by atoms with Crippen LogP contribution in [-0.4, -0.2) is 40.5 Å². The standard InChI is InChI=1S/C30H31ClNO8/c1-7-8-19(11-17-9-10-25(31)32-16-17)39-30-27(33)26-21(35-3)14-20(34-2)15-22(26)40-28(30)18-12-23(36-4)29(38-6)24(13-18)37-5/h9-10,12-16H,7-8,11H2,1-6H3. The molecule has 40 heavy (non-hydrogen) atoms. The van der Waals surface area contributed by atoms with Gasteiger partial charge in [-0.25, -0.2) is 4.98 Å². The van der Waals surface area contributed by atoms with E-state index in [1.165, 1.54) is 35.5 Å². The van der Waals surface area contributed by atoms with E-state index in [1.54, 1.807) is 36.5 Å². The number of pyridine rings is 1. The maximum absolute atomic E-state index is 14.1. The summed E-state index contributed by atoms with van der Waals surface area (Å²) in [5.41, 5.74) is 1.22. The molecule has 0 atom stereocenters. The summed E-state index contributed by atoms with van der Waals surface area (Å²) >= 11 is 5.97. The van der Waals surface area contributed by atoms with Crippen LogP contribution in [0.1, 0.15) is 25.3 Å². The first-order valence-corrected chi connectivity index (χ1v) is 12.9. The van der Waals surface area contributed by atoms with E-state index in [1.807, 2.05) is 13.0 Å². The van der Waals surface area contributed by atoms with Crippen molar-refractivity contribution >= 4 is 22.6 Å². The van der Waals surface area contributed by atoms with Gasteiger partial charge < -0.3 is 32.8 Å². The molecule has 0 saturated carbocycles. The second-order valence-corrected chi connectivity index (χ2v) is 9.15. The Labute approximate surface area is 237 Å². The minimum atomic E-state index is -0.410. The van der Waals surface area contributed by atoms with Crippen molar-refractivity contribution in [2.45, 2.75) is 26.2 Å². The summed E-state index contributed by atoms with van der Waals surface area (Å²) in [4.78, 5) is 18.3. The van der Waals surface area contributed by atoms with Crippen LogP contribution in [0.5, 0.6) is 34.5 Å². The third-order valence-corrected chi connectivity index (χ3v) is 6.46. The van der Waals surface area contributed by atoms with Gasteiger partial charge in [-0.3, -0.25) is 4.79 Å². The first-order chi connectivity index (χ1) is 19.4. The number of halogens is 1. The molecule has 0 amide bonds. The number of hydrogen-bond acceptors (Lipinski definition) is 9. The topological polar surface area (TPSA) is 98.5 Å². The lowest BCUT2D eigenvalue weighted by Crippen LogP contribution is -2.17. The van der Waals surface area contributed by atoms with Crippen molar-refractivity contribution in [3.63, 3.8) is 0 Å². The molecule has 4 aromatic rings. The Hall–Kier alpha value is -4.11. The van der Waals surface area contributed by atoms with Crippen molar-refractivity contribution < 1.29 is 32.8 Å². The molecule has 0 unspecified atom stereocenters. The molecule has 0 aliphatic rings. The molecule has 0 aliphatic carbocycles. The molecule has 0 spiro atoms. The second kappa shape index (κ2) is 12.8. The summed E-state index contributed by atoms with van der Waals surface area (Å²) in [6.45, 7) is 2.03. The van der Waals surface area contributed by atoms with Gasteiger partial charge in [0.15, 0.2) is 23.4 Å². The molecule has 2 aromatic heterocycles. The lowest BCUT2D eigenvalue weighted by Gasteiger charge is -2.20. The largest absolute Gasteiger partial charge is 0.496 e. The Morgan fingerprint density at radius 3 is 2.12 bits per heavy atom. The molecule has 211 valence electrons. The predicted molar refractivity (Wildman–Crippen MR) is 152 cm³/mol. The quantitative estimate of drug-likeness (QED) is 0.177. The summed E-state index contributed by atoms with van der Waals surface area (Å²) in [7, 11) is 7.54. The van der Waals surface area contributed by atoms with E-state index in [9.17, 15) is 4.79 Å². The van der Waals surface area contributed by atoms with Gasteiger partial charge in [-0.05, 0) is 30.2 Å². The van der Waals surface area contributed by atoms with E-state index in [4.69, 9.17) is 44.4 Å². The molecule has 0 fully saturated rings. The van der Waals surface area contributed by atoms with Gasteiger partial charge >= 0.3 is 0 Å². The molecule has 4 rings (SSSR count). The average molecular weight is 569 g/mol. The number of fused-ring (bicyclic) bond motifs is 1. The SMILES string of the molecule is CCC[C](Cc1ccc(Cl)nc1)Oc1c(-c2cc(OC)c(OC)c(OC)c2)oc2cc(OC)cc(OC)c2c1=O. The number of hydrogen-bond donors (Lipinski definition) is 0. The second-order valence-electron chi connectivity index (χ2n) is 8.76. The van der Waals surface area contributed by atoms with Gasteiger partial charge in [0.2, 0.25) is 16.9 Å². The number of nitrogens with zero attached hydrogens (tertiary/aromatic N) is 1. The molecular formula is C30H31ClNO8. The molecule has 0 aliphatic heterocycles. The van der Waals surface area contributed by atoms with Crippen LogP contribution in [0, 0.1) is 6.10 Å². The van der Waals surface area contributed by atoms with Crippen molar-refractivity contribution in [3.8, 4) is 45.8 Å². The van der Waals surface area contributed by atoms with Gasteiger partial charge in [0.1, 0.15) is 27.6 Å². The molecule has 0 saturated heterocycles. The Morgan fingerprint density at radius 2 is 1.57 bits per heavy atom. The third-order valence-electron chi connectivity index (χ3n) is 6.24. The minimum absolute atomic E-state index is 0.00406. The summed E-state index contributed by atoms with van der Waals surface area (Å²) in [6.07, 6.45) is 4.13. The lowest BCUT2D eigenvalue weighted by atomic mass is 10.0.